The first kappa shape index (κ1) is 18.5. The minimum absolute atomic E-state index is 0.416. The molecule has 1 rings (SSSR count). The molecule has 0 spiro atoms. The number of urea groups is 1. The van der Waals surface area contributed by atoms with E-state index in [1.54, 1.807) is 32.9 Å². The first-order chi connectivity index (χ1) is 10.2. The van der Waals surface area contributed by atoms with Crippen molar-refractivity contribution in [1.29, 1.82) is 0 Å². The van der Waals surface area contributed by atoms with Crippen molar-refractivity contribution >= 4 is 33.6 Å². The lowest BCUT2D eigenvalue weighted by Crippen LogP contribution is -2.45. The zero-order chi connectivity index (χ0) is 16.8. The van der Waals surface area contributed by atoms with E-state index >= 15 is 0 Å². The van der Waals surface area contributed by atoms with Crippen molar-refractivity contribution in [3.8, 4) is 0 Å². The highest BCUT2D eigenvalue weighted by Crippen LogP contribution is 2.14. The van der Waals surface area contributed by atoms with E-state index in [1.165, 1.54) is 0 Å². The van der Waals surface area contributed by atoms with Gasteiger partial charge in [-0.1, -0.05) is 29.3 Å². The number of benzene rings is 1. The van der Waals surface area contributed by atoms with Crippen LogP contribution in [0, 0.1) is 0 Å². The Kier molecular flexibility index (Phi) is 6.87. The molecule has 0 heterocycles. The number of ether oxygens (including phenoxy) is 1. The van der Waals surface area contributed by atoms with Gasteiger partial charge < -0.3 is 15.4 Å². The van der Waals surface area contributed by atoms with Crippen molar-refractivity contribution in [3.63, 3.8) is 0 Å². The minimum Gasteiger partial charge on any atom is -0.458 e. The van der Waals surface area contributed by atoms with E-state index in [-0.39, 0.29) is 0 Å². The third-order valence-electron chi connectivity index (χ3n) is 2.68. The highest BCUT2D eigenvalue weighted by molar-refractivity contribution is 9.10. The van der Waals surface area contributed by atoms with Gasteiger partial charge >= 0.3 is 12.0 Å². The summed E-state index contributed by atoms with van der Waals surface area (Å²) in [7, 11) is 0. The summed E-state index contributed by atoms with van der Waals surface area (Å²) >= 11 is 3.33. The van der Waals surface area contributed by atoms with Crippen LogP contribution >= 0.6 is 15.9 Å². The van der Waals surface area contributed by atoms with E-state index in [0.29, 0.717) is 12.1 Å². The lowest BCUT2D eigenvalue weighted by atomic mass is 10.1. The summed E-state index contributed by atoms with van der Waals surface area (Å²) in [5.74, 6) is -0.416. The lowest BCUT2D eigenvalue weighted by molar-refractivity contribution is -0.157. The quantitative estimate of drug-likeness (QED) is 0.767. The molecule has 1 aromatic carbocycles. The van der Waals surface area contributed by atoms with Crippen molar-refractivity contribution < 1.29 is 14.3 Å². The molecule has 0 unspecified atom stereocenters. The Hall–Kier alpha value is -1.56. The van der Waals surface area contributed by atoms with Crippen LogP contribution in [0.1, 0.15) is 40.5 Å². The largest absolute Gasteiger partial charge is 0.458 e. The van der Waals surface area contributed by atoms with Gasteiger partial charge in [-0.15, -0.1) is 0 Å². The van der Waals surface area contributed by atoms with Gasteiger partial charge in [-0.2, -0.15) is 0 Å². The van der Waals surface area contributed by atoms with Gasteiger partial charge in [-0.3, -0.25) is 0 Å². The maximum Gasteiger partial charge on any atom is 0.329 e. The molecule has 0 saturated heterocycles. The summed E-state index contributed by atoms with van der Waals surface area (Å²) < 4.78 is 6.26. The van der Waals surface area contributed by atoms with Crippen molar-refractivity contribution in [2.45, 2.75) is 52.2 Å². The molecular formula is C16H23BrN2O3. The summed E-state index contributed by atoms with van der Waals surface area (Å²) in [6.45, 7) is 7.35. The molecule has 1 aromatic rings. The smallest absolute Gasteiger partial charge is 0.329 e. The molecule has 0 saturated carbocycles. The van der Waals surface area contributed by atoms with Gasteiger partial charge in [0, 0.05) is 10.2 Å². The molecule has 2 amide bonds. The number of carbonyl (C=O) groups is 2. The normalized spacial score (nSPS) is 12.4. The molecule has 1 atom stereocenters. The Balaban J connectivity index is 2.63. The fraction of sp³-hybridized carbons (Fsp3) is 0.500. The Labute approximate surface area is 139 Å². The van der Waals surface area contributed by atoms with Crippen LogP contribution in [0.25, 0.3) is 0 Å². The van der Waals surface area contributed by atoms with E-state index in [4.69, 9.17) is 4.74 Å². The average Bonchev–Trinajstić information content (AvgIpc) is 2.39. The van der Waals surface area contributed by atoms with Crippen molar-refractivity contribution in [1.82, 2.24) is 5.32 Å². The van der Waals surface area contributed by atoms with Gasteiger partial charge in [-0.05, 0) is 51.5 Å². The predicted molar refractivity (Wildman–Crippen MR) is 90.8 cm³/mol. The van der Waals surface area contributed by atoms with Gasteiger partial charge in [0.05, 0.1) is 0 Å². The number of hydrogen-bond donors (Lipinski definition) is 2. The van der Waals surface area contributed by atoms with Crippen LogP contribution in [0.4, 0.5) is 10.5 Å². The molecule has 0 bridgehead atoms. The second kappa shape index (κ2) is 8.17. The number of amides is 2. The molecule has 5 nitrogen and oxygen atoms in total. The average molecular weight is 371 g/mol. The third-order valence-corrected chi connectivity index (χ3v) is 3.20. The van der Waals surface area contributed by atoms with Gasteiger partial charge in [0.1, 0.15) is 11.6 Å². The summed E-state index contributed by atoms with van der Waals surface area (Å²) in [5, 5.41) is 5.36. The van der Waals surface area contributed by atoms with E-state index in [0.717, 1.165) is 10.9 Å². The Morgan fingerprint density at radius 3 is 2.32 bits per heavy atom. The van der Waals surface area contributed by atoms with Crippen LogP contribution in [0.2, 0.25) is 0 Å². The van der Waals surface area contributed by atoms with E-state index in [2.05, 4.69) is 26.6 Å². The fourth-order valence-electron chi connectivity index (χ4n) is 1.77. The van der Waals surface area contributed by atoms with Crippen LogP contribution < -0.4 is 10.6 Å². The third kappa shape index (κ3) is 6.93. The van der Waals surface area contributed by atoms with Gasteiger partial charge in [0.25, 0.3) is 0 Å². The maximum atomic E-state index is 12.1. The fourth-order valence-corrected chi connectivity index (χ4v) is 2.03. The first-order valence-electron chi connectivity index (χ1n) is 7.27. The van der Waals surface area contributed by atoms with Crippen LogP contribution in [0.3, 0.4) is 0 Å². The SMILES string of the molecule is CCC[C@H](NC(=O)Nc1ccc(Br)cc1)C(=O)OC(C)(C)C. The summed E-state index contributed by atoms with van der Waals surface area (Å²) in [6, 6.07) is 6.11. The topological polar surface area (TPSA) is 67.4 Å². The first-order valence-corrected chi connectivity index (χ1v) is 8.06. The van der Waals surface area contributed by atoms with Crippen LogP contribution in [0.15, 0.2) is 28.7 Å². The Morgan fingerprint density at radius 1 is 1.23 bits per heavy atom. The molecule has 0 aliphatic rings. The molecule has 0 aliphatic heterocycles. The highest BCUT2D eigenvalue weighted by Gasteiger charge is 2.25. The number of hydrogen-bond acceptors (Lipinski definition) is 3. The predicted octanol–water partition coefficient (Wildman–Crippen LogP) is 4.08. The monoisotopic (exact) mass is 370 g/mol. The number of nitrogens with one attached hydrogen (secondary N) is 2. The van der Waals surface area contributed by atoms with Crippen molar-refractivity contribution in [2.24, 2.45) is 0 Å². The van der Waals surface area contributed by atoms with Crippen LogP contribution in [0.5, 0.6) is 0 Å². The summed E-state index contributed by atoms with van der Waals surface area (Å²) in [6.07, 6.45) is 1.30. The number of anilines is 1. The highest BCUT2D eigenvalue weighted by atomic mass is 79.9. The molecule has 6 heteroatoms. The van der Waals surface area contributed by atoms with E-state index in [9.17, 15) is 9.59 Å². The molecule has 0 aliphatic carbocycles. The van der Waals surface area contributed by atoms with Crippen molar-refractivity contribution in [3.05, 3.63) is 28.7 Å². The molecule has 0 fully saturated rings. The molecule has 22 heavy (non-hydrogen) atoms. The minimum atomic E-state index is -0.653. The Morgan fingerprint density at radius 2 is 1.82 bits per heavy atom. The van der Waals surface area contributed by atoms with Crippen molar-refractivity contribution in [2.75, 3.05) is 5.32 Å². The second-order valence-electron chi connectivity index (χ2n) is 5.98. The van der Waals surface area contributed by atoms with E-state index in [1.807, 2.05) is 19.1 Å². The number of rotatable bonds is 5. The molecule has 0 radical (unpaired) electrons. The zero-order valence-electron chi connectivity index (χ0n) is 13.4. The van der Waals surface area contributed by atoms with Gasteiger partial charge in [0.15, 0.2) is 0 Å². The molecule has 122 valence electrons. The summed E-state index contributed by atoms with van der Waals surface area (Å²) in [5.41, 5.74) is 0.0765. The lowest BCUT2D eigenvalue weighted by Gasteiger charge is -2.24. The van der Waals surface area contributed by atoms with Gasteiger partial charge in [-0.25, -0.2) is 9.59 Å². The molecule has 0 aromatic heterocycles. The molecule has 2 N–H and O–H groups in total. The number of esters is 1. The Bertz CT molecular complexity index is 509. The van der Waals surface area contributed by atoms with Crippen LogP contribution in [-0.4, -0.2) is 23.6 Å². The van der Waals surface area contributed by atoms with Gasteiger partial charge in [0.2, 0.25) is 0 Å². The second-order valence-corrected chi connectivity index (χ2v) is 6.90. The van der Waals surface area contributed by atoms with E-state index < -0.39 is 23.6 Å². The zero-order valence-corrected chi connectivity index (χ0v) is 15.0. The maximum absolute atomic E-state index is 12.1. The standard InChI is InChI=1S/C16H23BrN2O3/c1-5-6-13(14(20)22-16(2,3)4)19-15(21)18-12-9-7-11(17)8-10-12/h7-10,13H,5-6H2,1-4H3,(H2,18,19,21)/t13-/m0/s1. The van der Waals surface area contributed by atoms with Crippen LogP contribution in [-0.2, 0) is 9.53 Å². The number of halogens is 1. The molecular weight excluding hydrogens is 348 g/mol. The number of carbonyl (C=O) groups excluding carboxylic acids is 2. The summed E-state index contributed by atoms with van der Waals surface area (Å²) in [4.78, 5) is 24.1.